The molecule has 1 aromatic heterocycles. The number of benzene rings is 2. The molecule has 4 aliphatic rings. The van der Waals surface area contributed by atoms with Crippen molar-refractivity contribution in [3.05, 3.63) is 71.4 Å². The van der Waals surface area contributed by atoms with Crippen LogP contribution in [0.5, 0.6) is 0 Å². The van der Waals surface area contributed by atoms with Crippen LogP contribution in [0, 0.1) is 42.9 Å². The van der Waals surface area contributed by atoms with Gasteiger partial charge in [-0.25, -0.2) is 4.98 Å². The number of terminal acetylenes is 2. The number of aliphatic hydroxyl groups is 1. The van der Waals surface area contributed by atoms with Gasteiger partial charge in [-0.15, -0.1) is 25.7 Å². The van der Waals surface area contributed by atoms with E-state index in [1.54, 1.807) is 11.0 Å². The smallest absolute Gasteiger partial charge is 0.272 e. The standard InChI is InChI=1S/C37H46N4O3.2C2H2/c1-3-18-41(36(44)33-14-10-26-6-4-5-7-32(26)38-33)24-35(43)40-21-19-39(20-22-40)27-11-8-25-9-12-29-28(30(25)23-27)16-17-37(2)31(29)13-15-34(37)42;2*1-2/h4-8,10-11,14,23,28-29,31,34,42H,3,9,12-13,15-22,24H2,1-2H3;2*1-2H/t28?,29-,31?,34+,37+;;/m1../s1. The zero-order chi connectivity index (χ0) is 34.4. The maximum atomic E-state index is 13.4. The summed E-state index contributed by atoms with van der Waals surface area (Å²) in [5.74, 6) is 1.74. The maximum absolute atomic E-state index is 13.4. The molecule has 0 radical (unpaired) electrons. The average molecular weight is 647 g/mol. The average Bonchev–Trinajstić information content (AvgIpc) is 3.45. The van der Waals surface area contributed by atoms with Crippen molar-refractivity contribution in [2.24, 2.45) is 17.3 Å². The third-order valence-electron chi connectivity index (χ3n) is 11.6. The summed E-state index contributed by atoms with van der Waals surface area (Å²) in [5, 5.41) is 11.8. The molecule has 7 heteroatoms. The SMILES string of the molecule is C#C.C#C.CCCN(CC(=O)N1CCN(c2ccc3c(c2)C2CC[C@@]4(C)C(CC[C@@H]4O)[C@@H]2CC3)CC1)C(=O)c1ccc2ccccc2n1. The number of amides is 2. The van der Waals surface area contributed by atoms with Gasteiger partial charge in [-0.05, 0) is 104 Å². The third kappa shape index (κ3) is 6.67. The highest BCUT2D eigenvalue weighted by Gasteiger charge is 2.54. The molecule has 48 heavy (non-hydrogen) atoms. The Labute approximate surface area is 286 Å². The fourth-order valence-corrected chi connectivity index (χ4v) is 9.07. The van der Waals surface area contributed by atoms with E-state index in [-0.39, 0.29) is 29.9 Å². The molecular formula is C41H50N4O3. The third-order valence-corrected chi connectivity index (χ3v) is 11.6. The number of rotatable bonds is 6. The molecule has 7 rings (SSSR count). The number of pyridine rings is 1. The number of piperazine rings is 1. The second-order valence-electron chi connectivity index (χ2n) is 13.9. The summed E-state index contributed by atoms with van der Waals surface area (Å²) in [6.07, 6.45) is 23.5. The van der Waals surface area contributed by atoms with Gasteiger partial charge >= 0.3 is 0 Å². The minimum atomic E-state index is -0.188. The van der Waals surface area contributed by atoms with Crippen LogP contribution < -0.4 is 4.90 Å². The van der Waals surface area contributed by atoms with E-state index in [1.165, 1.54) is 36.1 Å². The van der Waals surface area contributed by atoms with E-state index in [0.29, 0.717) is 43.1 Å². The molecule has 2 aromatic carbocycles. The van der Waals surface area contributed by atoms with Crippen molar-refractivity contribution >= 4 is 28.4 Å². The molecule has 3 aromatic rings. The van der Waals surface area contributed by atoms with Gasteiger partial charge in [0, 0.05) is 43.8 Å². The number of hydrogen-bond donors (Lipinski definition) is 1. The Morgan fingerprint density at radius 2 is 1.71 bits per heavy atom. The number of aromatic nitrogens is 1. The quantitative estimate of drug-likeness (QED) is 0.325. The van der Waals surface area contributed by atoms with Crippen LogP contribution in [-0.4, -0.2) is 77.1 Å². The topological polar surface area (TPSA) is 77.0 Å². The van der Waals surface area contributed by atoms with Crippen molar-refractivity contribution in [2.75, 3.05) is 44.2 Å². The first kappa shape index (κ1) is 35.0. The molecule has 1 aliphatic heterocycles. The van der Waals surface area contributed by atoms with E-state index in [1.807, 2.05) is 42.2 Å². The van der Waals surface area contributed by atoms with E-state index >= 15 is 0 Å². The summed E-state index contributed by atoms with van der Waals surface area (Å²) in [7, 11) is 0. The molecule has 2 heterocycles. The van der Waals surface area contributed by atoms with E-state index in [9.17, 15) is 14.7 Å². The monoisotopic (exact) mass is 646 g/mol. The maximum Gasteiger partial charge on any atom is 0.272 e. The molecule has 7 nitrogen and oxygen atoms in total. The summed E-state index contributed by atoms with van der Waals surface area (Å²) in [6, 6.07) is 18.5. The molecule has 0 spiro atoms. The summed E-state index contributed by atoms with van der Waals surface area (Å²) >= 11 is 0. The lowest BCUT2D eigenvalue weighted by Crippen LogP contribution is -2.52. The van der Waals surface area contributed by atoms with Gasteiger partial charge in [0.15, 0.2) is 0 Å². The number of carbonyl (C=O) groups is 2. The van der Waals surface area contributed by atoms with E-state index in [2.05, 4.69) is 60.7 Å². The number of para-hydroxylation sites is 1. The van der Waals surface area contributed by atoms with Crippen LogP contribution in [0.15, 0.2) is 54.6 Å². The van der Waals surface area contributed by atoms with Crippen LogP contribution in [-0.2, 0) is 11.2 Å². The number of nitrogens with zero attached hydrogens (tertiary/aromatic N) is 4. The number of anilines is 1. The van der Waals surface area contributed by atoms with Crippen LogP contribution in [0.2, 0.25) is 0 Å². The second kappa shape index (κ2) is 15.3. The van der Waals surface area contributed by atoms with Crippen molar-refractivity contribution in [3.63, 3.8) is 0 Å². The van der Waals surface area contributed by atoms with Gasteiger partial charge < -0.3 is 19.8 Å². The zero-order valence-corrected chi connectivity index (χ0v) is 28.6. The minimum Gasteiger partial charge on any atom is -0.393 e. The van der Waals surface area contributed by atoms with Crippen LogP contribution in [0.25, 0.3) is 10.9 Å². The molecule has 2 saturated carbocycles. The minimum absolute atomic E-state index is 0.00419. The Bertz CT molecular complexity index is 1630. The predicted octanol–water partition coefficient (Wildman–Crippen LogP) is 6.15. The van der Waals surface area contributed by atoms with Gasteiger partial charge in [-0.3, -0.25) is 9.59 Å². The van der Waals surface area contributed by atoms with E-state index < -0.39 is 0 Å². The Kier molecular flexibility index (Phi) is 11.1. The lowest BCUT2D eigenvalue weighted by atomic mass is 9.55. The first-order chi connectivity index (χ1) is 23.4. The fourth-order valence-electron chi connectivity index (χ4n) is 9.07. The van der Waals surface area contributed by atoms with Gasteiger partial charge in [0.05, 0.1) is 11.6 Å². The summed E-state index contributed by atoms with van der Waals surface area (Å²) in [4.78, 5) is 37.4. The highest BCUT2D eigenvalue weighted by atomic mass is 16.3. The lowest BCUT2D eigenvalue weighted by molar-refractivity contribution is -0.132. The molecule has 0 bridgehead atoms. The second-order valence-corrected chi connectivity index (χ2v) is 13.9. The Hall–Kier alpha value is -4.33. The first-order valence-corrected chi connectivity index (χ1v) is 17.5. The van der Waals surface area contributed by atoms with Gasteiger partial charge in [-0.1, -0.05) is 44.2 Å². The molecular weight excluding hydrogens is 596 g/mol. The Balaban J connectivity index is 0.00000109. The van der Waals surface area contributed by atoms with Crippen LogP contribution in [0.3, 0.4) is 0 Å². The molecule has 5 atom stereocenters. The lowest BCUT2D eigenvalue weighted by Gasteiger charge is -2.50. The van der Waals surface area contributed by atoms with Crippen LogP contribution in [0.1, 0.15) is 79.9 Å². The van der Waals surface area contributed by atoms with Crippen molar-refractivity contribution in [3.8, 4) is 25.7 Å². The van der Waals surface area contributed by atoms with Crippen LogP contribution >= 0.6 is 0 Å². The van der Waals surface area contributed by atoms with Gasteiger partial charge in [0.25, 0.3) is 5.91 Å². The first-order valence-electron chi connectivity index (χ1n) is 17.5. The van der Waals surface area contributed by atoms with Crippen molar-refractivity contribution in [2.45, 2.75) is 70.8 Å². The number of aryl methyl sites for hydroxylation is 1. The number of aliphatic hydroxyl groups excluding tert-OH is 1. The Morgan fingerprint density at radius 1 is 0.958 bits per heavy atom. The fraction of sp³-hybridized carbons (Fsp3) is 0.488. The van der Waals surface area contributed by atoms with Crippen molar-refractivity contribution in [1.82, 2.24) is 14.8 Å². The van der Waals surface area contributed by atoms with Gasteiger partial charge in [0.2, 0.25) is 5.91 Å². The molecule has 252 valence electrons. The number of hydrogen-bond acceptors (Lipinski definition) is 5. The predicted molar refractivity (Wildman–Crippen MR) is 194 cm³/mol. The molecule has 2 unspecified atom stereocenters. The van der Waals surface area contributed by atoms with E-state index in [0.717, 1.165) is 49.7 Å². The molecule has 3 aliphatic carbocycles. The number of fused-ring (bicyclic) bond motifs is 6. The summed E-state index contributed by atoms with van der Waals surface area (Å²) in [6.45, 7) is 7.87. The highest BCUT2D eigenvalue weighted by Crippen LogP contribution is 2.61. The molecule has 1 N–H and O–H groups in total. The molecule has 3 fully saturated rings. The normalized spacial score (nSPS) is 25.6. The summed E-state index contributed by atoms with van der Waals surface area (Å²) < 4.78 is 0. The van der Waals surface area contributed by atoms with Gasteiger partial charge in [0.1, 0.15) is 12.2 Å². The van der Waals surface area contributed by atoms with Crippen molar-refractivity contribution in [1.29, 1.82) is 0 Å². The Morgan fingerprint density at radius 3 is 2.46 bits per heavy atom. The van der Waals surface area contributed by atoms with Crippen molar-refractivity contribution < 1.29 is 14.7 Å². The molecule has 1 saturated heterocycles. The number of carbonyl (C=O) groups excluding carboxylic acids is 2. The zero-order valence-electron chi connectivity index (χ0n) is 28.6. The largest absolute Gasteiger partial charge is 0.393 e. The van der Waals surface area contributed by atoms with Crippen LogP contribution in [0.4, 0.5) is 5.69 Å². The molecule has 2 amide bonds. The highest BCUT2D eigenvalue weighted by molar-refractivity contribution is 5.97. The van der Waals surface area contributed by atoms with E-state index in [4.69, 9.17) is 0 Å². The van der Waals surface area contributed by atoms with Gasteiger partial charge in [-0.2, -0.15) is 0 Å². The summed E-state index contributed by atoms with van der Waals surface area (Å²) in [5.41, 5.74) is 5.58.